The van der Waals surface area contributed by atoms with Gasteiger partial charge in [-0.2, -0.15) is 0 Å². The Morgan fingerprint density at radius 2 is 2.21 bits per heavy atom. The topological polar surface area (TPSA) is 80.9 Å². The van der Waals surface area contributed by atoms with Gasteiger partial charge in [-0.25, -0.2) is 9.97 Å². The number of anilines is 1. The molecule has 0 radical (unpaired) electrons. The molecule has 2 aromatic rings. The molecular formula is C14H14N4O. The number of aromatic nitrogens is 2. The summed E-state index contributed by atoms with van der Waals surface area (Å²) in [5.74, 6) is 0.651. The summed E-state index contributed by atoms with van der Waals surface area (Å²) in [7, 11) is 0. The summed E-state index contributed by atoms with van der Waals surface area (Å²) in [4.78, 5) is 19.9. The largest absolute Gasteiger partial charge is 0.326 e. The van der Waals surface area contributed by atoms with Crippen LogP contribution in [0.2, 0.25) is 0 Å². The van der Waals surface area contributed by atoms with E-state index in [1.54, 1.807) is 6.20 Å². The van der Waals surface area contributed by atoms with Crippen LogP contribution in [-0.2, 0) is 11.2 Å². The standard InChI is InChI=1S/C14H14N4O/c1-8(15)14-16-5-4-12(18-14)9-2-3-11-10(6-9)7-13(19)17-11/h2-6,8H,7,15H2,1H3,(H,17,19). The van der Waals surface area contributed by atoms with E-state index in [4.69, 9.17) is 5.73 Å². The van der Waals surface area contributed by atoms with Crippen molar-refractivity contribution in [1.29, 1.82) is 0 Å². The highest BCUT2D eigenvalue weighted by molar-refractivity contribution is 5.99. The van der Waals surface area contributed by atoms with Crippen molar-refractivity contribution in [1.82, 2.24) is 9.97 Å². The number of hydrogen-bond donors (Lipinski definition) is 2. The van der Waals surface area contributed by atoms with Gasteiger partial charge in [-0.05, 0) is 30.7 Å². The Hall–Kier alpha value is -2.27. The third-order valence-electron chi connectivity index (χ3n) is 3.11. The summed E-state index contributed by atoms with van der Waals surface area (Å²) in [6.45, 7) is 1.85. The molecule has 0 saturated carbocycles. The Balaban J connectivity index is 2.01. The van der Waals surface area contributed by atoms with Crippen LogP contribution in [0.5, 0.6) is 0 Å². The molecule has 0 fully saturated rings. The summed E-state index contributed by atoms with van der Waals surface area (Å²) < 4.78 is 0. The summed E-state index contributed by atoms with van der Waals surface area (Å²) in [5, 5.41) is 2.81. The predicted octanol–water partition coefficient (Wildman–Crippen LogP) is 1.66. The molecule has 96 valence electrons. The number of benzene rings is 1. The van der Waals surface area contributed by atoms with Crippen LogP contribution < -0.4 is 11.1 Å². The second-order valence-corrected chi connectivity index (χ2v) is 4.69. The van der Waals surface area contributed by atoms with E-state index in [0.717, 1.165) is 22.5 Å². The first-order chi connectivity index (χ1) is 9.13. The summed E-state index contributed by atoms with van der Waals surface area (Å²) >= 11 is 0. The molecule has 1 aromatic carbocycles. The number of hydrogen-bond acceptors (Lipinski definition) is 4. The predicted molar refractivity (Wildman–Crippen MR) is 72.4 cm³/mol. The van der Waals surface area contributed by atoms with Crippen molar-refractivity contribution in [3.63, 3.8) is 0 Å². The fourth-order valence-corrected chi connectivity index (χ4v) is 2.14. The van der Waals surface area contributed by atoms with Crippen molar-refractivity contribution in [2.45, 2.75) is 19.4 Å². The van der Waals surface area contributed by atoms with Crippen LogP contribution in [0.4, 0.5) is 5.69 Å². The lowest BCUT2D eigenvalue weighted by atomic mass is 10.1. The molecule has 5 nitrogen and oxygen atoms in total. The maximum Gasteiger partial charge on any atom is 0.228 e. The molecule has 1 aliphatic heterocycles. The smallest absolute Gasteiger partial charge is 0.228 e. The Morgan fingerprint density at radius 3 is 3.00 bits per heavy atom. The molecule has 0 aliphatic carbocycles. The highest BCUT2D eigenvalue weighted by atomic mass is 16.1. The van der Waals surface area contributed by atoms with Crippen molar-refractivity contribution in [3.8, 4) is 11.3 Å². The van der Waals surface area contributed by atoms with Gasteiger partial charge in [-0.15, -0.1) is 0 Å². The van der Waals surface area contributed by atoms with Gasteiger partial charge in [-0.3, -0.25) is 4.79 Å². The molecule has 0 bridgehead atoms. The van der Waals surface area contributed by atoms with Crippen LogP contribution in [0.15, 0.2) is 30.5 Å². The zero-order valence-electron chi connectivity index (χ0n) is 10.6. The number of amides is 1. The van der Waals surface area contributed by atoms with Gasteiger partial charge in [0.2, 0.25) is 5.91 Å². The average molecular weight is 254 g/mol. The quantitative estimate of drug-likeness (QED) is 0.854. The molecule has 5 heteroatoms. The Labute approximate surface area is 110 Å². The minimum Gasteiger partial charge on any atom is -0.326 e. The number of carbonyl (C=O) groups excluding carboxylic acids is 1. The van der Waals surface area contributed by atoms with Crippen LogP contribution in [-0.4, -0.2) is 15.9 Å². The Bertz CT molecular complexity index is 652. The number of nitrogens with one attached hydrogen (secondary N) is 1. The summed E-state index contributed by atoms with van der Waals surface area (Å²) in [5.41, 5.74) is 9.47. The minimum atomic E-state index is -0.197. The van der Waals surface area contributed by atoms with Gasteiger partial charge in [0.25, 0.3) is 0 Å². The average Bonchev–Trinajstić information content (AvgIpc) is 2.77. The second-order valence-electron chi connectivity index (χ2n) is 4.69. The SMILES string of the molecule is CC(N)c1nccc(-c2ccc3c(c2)CC(=O)N3)n1. The molecule has 3 N–H and O–H groups in total. The van der Waals surface area contributed by atoms with Gasteiger partial charge in [-0.1, -0.05) is 6.07 Å². The fourth-order valence-electron chi connectivity index (χ4n) is 2.14. The van der Waals surface area contributed by atoms with Crippen molar-refractivity contribution >= 4 is 11.6 Å². The molecule has 19 heavy (non-hydrogen) atoms. The summed E-state index contributed by atoms with van der Waals surface area (Å²) in [6.07, 6.45) is 2.13. The van der Waals surface area contributed by atoms with E-state index in [1.165, 1.54) is 0 Å². The van der Waals surface area contributed by atoms with Crippen LogP contribution in [0, 0.1) is 0 Å². The Kier molecular flexibility index (Phi) is 2.76. The van der Waals surface area contributed by atoms with E-state index >= 15 is 0 Å². The second kappa shape index (κ2) is 4.44. The van der Waals surface area contributed by atoms with Crippen molar-refractivity contribution in [2.75, 3.05) is 5.32 Å². The molecule has 1 amide bonds. The first-order valence-corrected chi connectivity index (χ1v) is 6.15. The van der Waals surface area contributed by atoms with Gasteiger partial charge < -0.3 is 11.1 Å². The van der Waals surface area contributed by atoms with Crippen molar-refractivity contribution < 1.29 is 4.79 Å². The molecule has 3 rings (SSSR count). The lowest BCUT2D eigenvalue weighted by molar-refractivity contribution is -0.115. The minimum absolute atomic E-state index is 0.0334. The van der Waals surface area contributed by atoms with Crippen LogP contribution in [0.3, 0.4) is 0 Å². The monoisotopic (exact) mass is 254 g/mol. The zero-order chi connectivity index (χ0) is 13.4. The first-order valence-electron chi connectivity index (χ1n) is 6.15. The van der Waals surface area contributed by atoms with Crippen LogP contribution >= 0.6 is 0 Å². The van der Waals surface area contributed by atoms with Crippen molar-refractivity contribution in [3.05, 3.63) is 41.9 Å². The van der Waals surface area contributed by atoms with Crippen LogP contribution in [0.25, 0.3) is 11.3 Å². The number of rotatable bonds is 2. The normalized spacial score (nSPS) is 14.9. The fraction of sp³-hybridized carbons (Fsp3) is 0.214. The van der Waals surface area contributed by atoms with E-state index in [2.05, 4.69) is 15.3 Å². The zero-order valence-corrected chi connectivity index (χ0v) is 10.6. The van der Waals surface area contributed by atoms with Crippen molar-refractivity contribution in [2.24, 2.45) is 5.73 Å². The van der Waals surface area contributed by atoms with E-state index in [-0.39, 0.29) is 11.9 Å². The highest BCUT2D eigenvalue weighted by Gasteiger charge is 2.18. The number of nitrogens with two attached hydrogens (primary N) is 1. The highest BCUT2D eigenvalue weighted by Crippen LogP contribution is 2.28. The van der Waals surface area contributed by atoms with Gasteiger partial charge in [0, 0.05) is 17.4 Å². The molecule has 0 spiro atoms. The van der Waals surface area contributed by atoms with E-state index < -0.39 is 0 Å². The third kappa shape index (κ3) is 2.20. The number of nitrogens with zero attached hydrogens (tertiary/aromatic N) is 2. The Morgan fingerprint density at radius 1 is 1.37 bits per heavy atom. The molecule has 1 aliphatic rings. The molecular weight excluding hydrogens is 240 g/mol. The molecule has 2 heterocycles. The number of fused-ring (bicyclic) bond motifs is 1. The van der Waals surface area contributed by atoms with Crippen LogP contribution in [0.1, 0.15) is 24.4 Å². The molecule has 1 atom stereocenters. The molecule has 0 saturated heterocycles. The lowest BCUT2D eigenvalue weighted by Crippen LogP contribution is -2.09. The van der Waals surface area contributed by atoms with Gasteiger partial charge in [0.15, 0.2) is 0 Å². The van der Waals surface area contributed by atoms with E-state index in [9.17, 15) is 4.79 Å². The van der Waals surface area contributed by atoms with Gasteiger partial charge in [0.1, 0.15) is 5.82 Å². The molecule has 1 unspecified atom stereocenters. The number of carbonyl (C=O) groups is 1. The van der Waals surface area contributed by atoms with Gasteiger partial charge >= 0.3 is 0 Å². The van der Waals surface area contributed by atoms with E-state index in [1.807, 2.05) is 31.2 Å². The maximum atomic E-state index is 11.3. The summed E-state index contributed by atoms with van der Waals surface area (Å²) in [6, 6.07) is 7.48. The van der Waals surface area contributed by atoms with Gasteiger partial charge in [0.05, 0.1) is 18.2 Å². The third-order valence-corrected chi connectivity index (χ3v) is 3.11. The lowest BCUT2D eigenvalue weighted by Gasteiger charge is -2.07. The molecule has 1 aromatic heterocycles. The van der Waals surface area contributed by atoms with E-state index in [0.29, 0.717) is 12.2 Å². The first kappa shape index (κ1) is 11.8. The maximum absolute atomic E-state index is 11.3.